The second-order valence-electron chi connectivity index (χ2n) is 8.56. The van der Waals surface area contributed by atoms with E-state index in [1.807, 2.05) is 59.1 Å². The van der Waals surface area contributed by atoms with Gasteiger partial charge >= 0.3 is 0 Å². The maximum Gasteiger partial charge on any atom is 0.272 e. The van der Waals surface area contributed by atoms with Crippen molar-refractivity contribution < 1.29 is 14.5 Å². The van der Waals surface area contributed by atoms with Crippen LogP contribution in [0.5, 0.6) is 5.75 Å². The number of hydrogen-bond acceptors (Lipinski definition) is 6. The van der Waals surface area contributed by atoms with Crippen molar-refractivity contribution in [2.75, 3.05) is 38.2 Å². The van der Waals surface area contributed by atoms with Crippen molar-refractivity contribution in [2.24, 2.45) is 7.05 Å². The van der Waals surface area contributed by atoms with Crippen molar-refractivity contribution in [1.82, 2.24) is 19.2 Å². The number of benzene rings is 2. The monoisotopic (exact) mass is 486 g/mol. The molecule has 1 aliphatic heterocycles. The Morgan fingerprint density at radius 3 is 2.36 bits per heavy atom. The zero-order valence-corrected chi connectivity index (χ0v) is 20.1. The van der Waals surface area contributed by atoms with Crippen LogP contribution >= 0.6 is 0 Å². The molecule has 1 fully saturated rings. The van der Waals surface area contributed by atoms with Crippen LogP contribution in [0, 0.1) is 10.1 Å². The summed E-state index contributed by atoms with van der Waals surface area (Å²) in [5.41, 5.74) is 3.49. The number of nitro benzene ring substituents is 1. The van der Waals surface area contributed by atoms with E-state index >= 15 is 0 Å². The molecule has 10 heteroatoms. The number of piperazine rings is 1. The first-order valence-electron chi connectivity index (χ1n) is 11.6. The Balaban J connectivity index is 1.43. The molecule has 2 aromatic heterocycles. The quantitative estimate of drug-likeness (QED) is 0.304. The van der Waals surface area contributed by atoms with E-state index in [-0.39, 0.29) is 11.6 Å². The van der Waals surface area contributed by atoms with E-state index < -0.39 is 4.92 Å². The van der Waals surface area contributed by atoms with Crippen molar-refractivity contribution in [3.05, 3.63) is 88.7 Å². The van der Waals surface area contributed by atoms with Gasteiger partial charge < -0.3 is 19.1 Å². The topological polar surface area (TPSA) is 98.7 Å². The minimum absolute atomic E-state index is 0.0195. The van der Waals surface area contributed by atoms with Crippen LogP contribution in [0.25, 0.3) is 17.1 Å². The molecule has 1 aliphatic rings. The summed E-state index contributed by atoms with van der Waals surface area (Å²) in [7, 11) is 3.57. The Kier molecular flexibility index (Phi) is 6.16. The van der Waals surface area contributed by atoms with E-state index in [4.69, 9.17) is 9.84 Å². The summed E-state index contributed by atoms with van der Waals surface area (Å²) < 4.78 is 9.00. The fourth-order valence-electron chi connectivity index (χ4n) is 4.50. The van der Waals surface area contributed by atoms with Gasteiger partial charge in [0.2, 0.25) is 0 Å². The number of methoxy groups -OCH3 is 1. The van der Waals surface area contributed by atoms with Gasteiger partial charge in [-0.05, 0) is 42.5 Å². The van der Waals surface area contributed by atoms with E-state index in [9.17, 15) is 14.9 Å². The largest absolute Gasteiger partial charge is 0.495 e. The normalized spacial score (nSPS) is 13.6. The first-order valence-corrected chi connectivity index (χ1v) is 11.6. The molecule has 0 saturated carbocycles. The molecular formula is C26H26N6O4. The van der Waals surface area contributed by atoms with Gasteiger partial charge in [-0.2, -0.15) is 5.10 Å². The van der Waals surface area contributed by atoms with Gasteiger partial charge in [0.15, 0.2) is 0 Å². The lowest BCUT2D eigenvalue weighted by Crippen LogP contribution is -2.49. The van der Waals surface area contributed by atoms with Gasteiger partial charge in [0, 0.05) is 51.6 Å². The maximum atomic E-state index is 13.7. The van der Waals surface area contributed by atoms with E-state index in [0.717, 1.165) is 17.1 Å². The molecule has 184 valence electrons. The number of ether oxygens (including phenoxy) is 1. The van der Waals surface area contributed by atoms with Gasteiger partial charge in [0.05, 0.1) is 29.1 Å². The fraction of sp³-hybridized carbons (Fsp3) is 0.231. The molecule has 0 radical (unpaired) electrons. The number of amides is 1. The van der Waals surface area contributed by atoms with Gasteiger partial charge in [-0.1, -0.05) is 12.1 Å². The molecule has 1 saturated heterocycles. The summed E-state index contributed by atoms with van der Waals surface area (Å²) in [5.74, 6) is 0.668. The number of nitrogens with zero attached hydrogens (tertiary/aromatic N) is 6. The molecule has 2 aromatic carbocycles. The van der Waals surface area contributed by atoms with Gasteiger partial charge in [-0.3, -0.25) is 14.9 Å². The van der Waals surface area contributed by atoms with E-state index in [0.29, 0.717) is 43.3 Å². The number of aryl methyl sites for hydroxylation is 1. The highest BCUT2D eigenvalue weighted by atomic mass is 16.6. The third kappa shape index (κ3) is 4.28. The third-order valence-corrected chi connectivity index (χ3v) is 6.43. The molecule has 0 spiro atoms. The lowest BCUT2D eigenvalue weighted by Gasteiger charge is -2.36. The number of carbonyl (C=O) groups excluding carboxylic acids is 1. The van der Waals surface area contributed by atoms with Crippen LogP contribution in [0.2, 0.25) is 0 Å². The van der Waals surface area contributed by atoms with E-state index in [1.54, 1.807) is 30.0 Å². The zero-order chi connectivity index (χ0) is 25.2. The highest BCUT2D eigenvalue weighted by Crippen LogP contribution is 2.29. The number of carbonyl (C=O) groups is 1. The van der Waals surface area contributed by atoms with Crippen molar-refractivity contribution in [3.8, 4) is 22.8 Å². The van der Waals surface area contributed by atoms with Crippen LogP contribution in [-0.4, -0.2) is 63.4 Å². The molecule has 3 heterocycles. The van der Waals surface area contributed by atoms with Gasteiger partial charge in [-0.25, -0.2) is 4.68 Å². The lowest BCUT2D eigenvalue weighted by molar-refractivity contribution is -0.384. The van der Waals surface area contributed by atoms with Gasteiger partial charge in [-0.15, -0.1) is 0 Å². The molecule has 10 nitrogen and oxygen atoms in total. The fourth-order valence-corrected chi connectivity index (χ4v) is 4.50. The maximum absolute atomic E-state index is 13.7. The molecule has 4 aromatic rings. The molecule has 1 amide bonds. The summed E-state index contributed by atoms with van der Waals surface area (Å²) in [4.78, 5) is 28.4. The lowest BCUT2D eigenvalue weighted by atomic mass is 10.2. The minimum atomic E-state index is -0.449. The average molecular weight is 487 g/mol. The van der Waals surface area contributed by atoms with Crippen LogP contribution < -0.4 is 9.64 Å². The first kappa shape index (κ1) is 23.2. The van der Waals surface area contributed by atoms with Crippen molar-refractivity contribution in [2.45, 2.75) is 0 Å². The van der Waals surface area contributed by atoms with Crippen LogP contribution in [0.4, 0.5) is 11.4 Å². The molecule has 0 N–H and O–H groups in total. The Morgan fingerprint density at radius 1 is 1.00 bits per heavy atom. The van der Waals surface area contributed by atoms with E-state index in [1.165, 1.54) is 12.1 Å². The Morgan fingerprint density at radius 2 is 1.72 bits per heavy atom. The molecule has 5 rings (SSSR count). The molecule has 0 atom stereocenters. The highest BCUT2D eigenvalue weighted by Gasteiger charge is 2.27. The highest BCUT2D eigenvalue weighted by molar-refractivity contribution is 5.94. The smallest absolute Gasteiger partial charge is 0.272 e. The average Bonchev–Trinajstić information content (AvgIpc) is 3.54. The predicted molar refractivity (Wildman–Crippen MR) is 136 cm³/mol. The number of hydrogen-bond donors (Lipinski definition) is 0. The Bertz CT molecular complexity index is 1400. The Hall–Kier alpha value is -4.60. The Labute approximate surface area is 208 Å². The molecule has 0 bridgehead atoms. The summed E-state index contributed by atoms with van der Waals surface area (Å²) in [6.45, 7) is 2.43. The second-order valence-corrected chi connectivity index (χ2v) is 8.56. The SMILES string of the molecule is COc1ccccc1N1CCN(C(=O)c2cc(-c3cccn3C)nn2-c2ccc([N+](=O)[O-])cc2)CC1. The summed E-state index contributed by atoms with van der Waals surface area (Å²) >= 11 is 0. The molecule has 36 heavy (non-hydrogen) atoms. The summed E-state index contributed by atoms with van der Waals surface area (Å²) in [5, 5.41) is 15.8. The van der Waals surface area contributed by atoms with Gasteiger partial charge in [0.25, 0.3) is 11.6 Å². The van der Waals surface area contributed by atoms with Crippen molar-refractivity contribution in [3.63, 3.8) is 0 Å². The standard InChI is InChI=1S/C26H26N6O4/c1-28-13-5-7-22(28)21-18-24(31(27-21)19-9-11-20(12-10-19)32(34)35)26(33)30-16-14-29(15-17-30)23-6-3-4-8-25(23)36-2/h3-13,18H,14-17H2,1-2H3. The van der Waals surface area contributed by atoms with E-state index in [2.05, 4.69) is 4.90 Å². The first-order chi connectivity index (χ1) is 17.5. The third-order valence-electron chi connectivity index (χ3n) is 6.43. The summed E-state index contributed by atoms with van der Waals surface area (Å²) in [6, 6.07) is 19.5. The van der Waals surface area contributed by atoms with Gasteiger partial charge in [0.1, 0.15) is 17.1 Å². The van der Waals surface area contributed by atoms with Crippen LogP contribution in [0.15, 0.2) is 72.9 Å². The second kappa shape index (κ2) is 9.57. The predicted octanol–water partition coefficient (Wildman–Crippen LogP) is 3.76. The number of aromatic nitrogens is 3. The molecule has 0 unspecified atom stereocenters. The molecular weight excluding hydrogens is 460 g/mol. The minimum Gasteiger partial charge on any atom is -0.495 e. The molecule has 0 aliphatic carbocycles. The van der Waals surface area contributed by atoms with Crippen LogP contribution in [0.1, 0.15) is 10.5 Å². The number of para-hydroxylation sites is 2. The van der Waals surface area contributed by atoms with Crippen LogP contribution in [-0.2, 0) is 7.05 Å². The van der Waals surface area contributed by atoms with Crippen molar-refractivity contribution in [1.29, 1.82) is 0 Å². The number of anilines is 1. The van der Waals surface area contributed by atoms with Crippen LogP contribution in [0.3, 0.4) is 0 Å². The number of rotatable bonds is 6. The summed E-state index contributed by atoms with van der Waals surface area (Å²) in [6.07, 6.45) is 1.92. The number of non-ortho nitro benzene ring substituents is 1. The number of nitro groups is 1. The van der Waals surface area contributed by atoms with Crippen molar-refractivity contribution >= 4 is 17.3 Å². The zero-order valence-electron chi connectivity index (χ0n) is 20.1.